The van der Waals surface area contributed by atoms with Gasteiger partial charge in [0.2, 0.25) is 5.91 Å². The van der Waals surface area contributed by atoms with Gasteiger partial charge in [-0.25, -0.2) is 0 Å². The Labute approximate surface area is 190 Å². The molecule has 28 heavy (non-hydrogen) atoms. The zero-order chi connectivity index (χ0) is 19.3. The van der Waals surface area contributed by atoms with Crippen LogP contribution in [0, 0.1) is 5.92 Å². The lowest BCUT2D eigenvalue weighted by atomic mass is 9.93. The third-order valence-corrected chi connectivity index (χ3v) is 6.10. The molecule has 0 aromatic heterocycles. The SMILES string of the molecule is CCNC(=NCC1(c2ccc(Cl)cc2)CC1)N1CCC(CC(=O)NC)CC1.I. The van der Waals surface area contributed by atoms with E-state index in [-0.39, 0.29) is 35.3 Å². The summed E-state index contributed by atoms with van der Waals surface area (Å²) in [5, 5.41) is 6.97. The highest BCUT2D eigenvalue weighted by molar-refractivity contribution is 14.0. The third kappa shape index (κ3) is 5.99. The minimum Gasteiger partial charge on any atom is -0.359 e. The van der Waals surface area contributed by atoms with E-state index in [0.29, 0.717) is 12.3 Å². The van der Waals surface area contributed by atoms with E-state index in [1.807, 2.05) is 12.1 Å². The number of amides is 1. The normalized spacial score (nSPS) is 19.0. The van der Waals surface area contributed by atoms with Crippen molar-refractivity contribution < 1.29 is 4.79 Å². The highest BCUT2D eigenvalue weighted by atomic mass is 127. The average Bonchev–Trinajstić information content (AvgIpc) is 3.47. The number of hydrogen-bond donors (Lipinski definition) is 2. The van der Waals surface area contributed by atoms with Crippen LogP contribution in [0.2, 0.25) is 5.02 Å². The minimum absolute atomic E-state index is 0. The number of rotatable bonds is 6. The first-order chi connectivity index (χ1) is 13.1. The van der Waals surface area contributed by atoms with Crippen LogP contribution in [0.1, 0.15) is 44.6 Å². The molecule has 7 heteroatoms. The Bertz CT molecular complexity index is 667. The maximum atomic E-state index is 11.6. The van der Waals surface area contributed by atoms with Gasteiger partial charge in [-0.1, -0.05) is 23.7 Å². The van der Waals surface area contributed by atoms with E-state index in [1.54, 1.807) is 7.05 Å². The topological polar surface area (TPSA) is 56.7 Å². The fourth-order valence-corrected chi connectivity index (χ4v) is 3.98. The van der Waals surface area contributed by atoms with Crippen LogP contribution in [0.15, 0.2) is 29.3 Å². The monoisotopic (exact) mass is 518 g/mol. The molecule has 1 aliphatic carbocycles. The number of benzene rings is 1. The molecular weight excluding hydrogens is 487 g/mol. The molecule has 2 aliphatic rings. The number of piperidine rings is 1. The molecule has 1 aliphatic heterocycles. The Hall–Kier alpha value is -1.02. The zero-order valence-corrected chi connectivity index (χ0v) is 19.9. The van der Waals surface area contributed by atoms with Crippen LogP contribution in [0.4, 0.5) is 0 Å². The van der Waals surface area contributed by atoms with E-state index in [1.165, 1.54) is 18.4 Å². The van der Waals surface area contributed by atoms with Gasteiger partial charge in [0.05, 0.1) is 6.54 Å². The number of nitrogens with one attached hydrogen (secondary N) is 2. The van der Waals surface area contributed by atoms with Crippen LogP contribution in [-0.4, -0.2) is 50.0 Å². The number of hydrogen-bond acceptors (Lipinski definition) is 2. The molecule has 1 saturated heterocycles. The molecule has 2 fully saturated rings. The van der Waals surface area contributed by atoms with Crippen molar-refractivity contribution in [3.05, 3.63) is 34.9 Å². The van der Waals surface area contributed by atoms with Crippen LogP contribution in [-0.2, 0) is 10.2 Å². The second-order valence-corrected chi connectivity index (χ2v) is 8.20. The van der Waals surface area contributed by atoms with Gasteiger partial charge in [-0.15, -0.1) is 24.0 Å². The summed E-state index contributed by atoms with van der Waals surface area (Å²) in [6.45, 7) is 5.71. The Morgan fingerprint density at radius 2 is 1.89 bits per heavy atom. The van der Waals surface area contributed by atoms with Gasteiger partial charge in [0.1, 0.15) is 0 Å². The lowest BCUT2D eigenvalue weighted by molar-refractivity contribution is -0.121. The fraction of sp³-hybridized carbons (Fsp3) is 0.619. The smallest absolute Gasteiger partial charge is 0.220 e. The highest BCUT2D eigenvalue weighted by Gasteiger charge is 2.44. The fourth-order valence-electron chi connectivity index (χ4n) is 3.86. The van der Waals surface area contributed by atoms with Gasteiger partial charge < -0.3 is 15.5 Å². The predicted molar refractivity (Wildman–Crippen MR) is 127 cm³/mol. The molecule has 1 aromatic carbocycles. The van der Waals surface area contributed by atoms with E-state index in [9.17, 15) is 4.79 Å². The van der Waals surface area contributed by atoms with E-state index in [0.717, 1.165) is 50.0 Å². The standard InChI is InChI=1S/C21H31ClN4O.HI/c1-3-24-20(26-12-8-16(9-13-26)14-19(27)23-2)25-15-21(10-11-21)17-4-6-18(22)7-5-17;/h4-7,16H,3,8-15H2,1-2H3,(H,23,27)(H,24,25);1H. The van der Waals surface area contributed by atoms with Gasteiger partial charge >= 0.3 is 0 Å². The highest BCUT2D eigenvalue weighted by Crippen LogP contribution is 2.48. The summed E-state index contributed by atoms with van der Waals surface area (Å²) in [4.78, 5) is 18.9. The first-order valence-electron chi connectivity index (χ1n) is 10.1. The van der Waals surface area contributed by atoms with Gasteiger partial charge in [-0.3, -0.25) is 9.79 Å². The summed E-state index contributed by atoms with van der Waals surface area (Å²) in [5.74, 6) is 1.64. The number of nitrogens with zero attached hydrogens (tertiary/aromatic N) is 2. The summed E-state index contributed by atoms with van der Waals surface area (Å²) in [5.41, 5.74) is 1.53. The number of halogens is 2. The number of likely N-dealkylation sites (tertiary alicyclic amines) is 1. The lowest BCUT2D eigenvalue weighted by Gasteiger charge is -2.34. The molecule has 2 N–H and O–H groups in total. The first kappa shape index (κ1) is 23.3. The van der Waals surface area contributed by atoms with Crippen LogP contribution in [0.5, 0.6) is 0 Å². The average molecular weight is 519 g/mol. The molecule has 1 amide bonds. The molecule has 0 radical (unpaired) electrons. The van der Waals surface area contributed by atoms with Crippen LogP contribution in [0.3, 0.4) is 0 Å². The van der Waals surface area contributed by atoms with Crippen LogP contribution < -0.4 is 10.6 Å². The summed E-state index contributed by atoms with van der Waals surface area (Å²) in [6.07, 6.45) is 5.09. The second-order valence-electron chi connectivity index (χ2n) is 7.77. The number of carbonyl (C=O) groups is 1. The van der Waals surface area contributed by atoms with Gasteiger partial charge in [-0.05, 0) is 56.2 Å². The van der Waals surface area contributed by atoms with Crippen LogP contribution >= 0.6 is 35.6 Å². The van der Waals surface area contributed by atoms with E-state index >= 15 is 0 Å². The van der Waals surface area contributed by atoms with Crippen molar-refractivity contribution >= 4 is 47.4 Å². The lowest BCUT2D eigenvalue weighted by Crippen LogP contribution is -2.46. The summed E-state index contributed by atoms with van der Waals surface area (Å²) < 4.78 is 0. The number of carbonyl (C=O) groups excluding carboxylic acids is 1. The molecule has 0 atom stereocenters. The number of aliphatic imine (C=N–C) groups is 1. The van der Waals surface area contributed by atoms with Crippen molar-refractivity contribution in [3.8, 4) is 0 Å². The molecule has 1 saturated carbocycles. The van der Waals surface area contributed by atoms with Crippen molar-refractivity contribution in [2.75, 3.05) is 33.2 Å². The van der Waals surface area contributed by atoms with Crippen molar-refractivity contribution in [1.82, 2.24) is 15.5 Å². The maximum Gasteiger partial charge on any atom is 0.220 e. The third-order valence-electron chi connectivity index (χ3n) is 5.84. The van der Waals surface area contributed by atoms with Gasteiger partial charge in [0, 0.05) is 43.5 Å². The summed E-state index contributed by atoms with van der Waals surface area (Å²) in [6, 6.07) is 8.23. The van der Waals surface area contributed by atoms with Gasteiger partial charge in [0.25, 0.3) is 0 Å². The Kier molecular flexibility index (Phi) is 8.86. The molecule has 5 nitrogen and oxygen atoms in total. The molecule has 1 aromatic rings. The maximum absolute atomic E-state index is 11.6. The number of guanidine groups is 1. The summed E-state index contributed by atoms with van der Waals surface area (Å²) >= 11 is 6.04. The van der Waals surface area contributed by atoms with E-state index in [2.05, 4.69) is 34.6 Å². The van der Waals surface area contributed by atoms with Gasteiger partial charge in [0.15, 0.2) is 5.96 Å². The first-order valence-corrected chi connectivity index (χ1v) is 10.4. The van der Waals surface area contributed by atoms with Crippen molar-refractivity contribution in [2.45, 2.75) is 44.4 Å². The summed E-state index contributed by atoms with van der Waals surface area (Å²) in [7, 11) is 1.71. The Morgan fingerprint density at radius 1 is 1.25 bits per heavy atom. The Balaban J connectivity index is 0.00000280. The second kappa shape index (κ2) is 10.7. The van der Waals surface area contributed by atoms with Crippen molar-refractivity contribution in [3.63, 3.8) is 0 Å². The molecular formula is C21H32ClIN4O. The predicted octanol–water partition coefficient (Wildman–Crippen LogP) is 3.80. The van der Waals surface area contributed by atoms with Crippen LogP contribution in [0.25, 0.3) is 0 Å². The quantitative estimate of drug-likeness (QED) is 0.342. The molecule has 3 rings (SSSR count). The molecule has 0 spiro atoms. The molecule has 0 bridgehead atoms. The minimum atomic E-state index is 0. The zero-order valence-electron chi connectivity index (χ0n) is 16.8. The van der Waals surface area contributed by atoms with Crippen molar-refractivity contribution in [1.29, 1.82) is 0 Å². The van der Waals surface area contributed by atoms with E-state index < -0.39 is 0 Å². The molecule has 0 unspecified atom stereocenters. The van der Waals surface area contributed by atoms with E-state index in [4.69, 9.17) is 16.6 Å². The Morgan fingerprint density at radius 3 is 2.43 bits per heavy atom. The largest absolute Gasteiger partial charge is 0.359 e. The van der Waals surface area contributed by atoms with Gasteiger partial charge in [-0.2, -0.15) is 0 Å². The molecule has 156 valence electrons. The molecule has 1 heterocycles. The van der Waals surface area contributed by atoms with Crippen molar-refractivity contribution in [2.24, 2.45) is 10.9 Å².